The lowest BCUT2D eigenvalue weighted by atomic mass is 10.4. The van der Waals surface area contributed by atoms with Crippen LogP contribution in [0.4, 0.5) is 13.2 Å². The quantitative estimate of drug-likeness (QED) is 0.785. The fraction of sp³-hybridized carbons (Fsp3) is 0.556. The average molecular weight is 332 g/mol. The number of nitrogens with zero attached hydrogens (tertiary/aromatic N) is 2. The Labute approximate surface area is 116 Å². The molecule has 1 heterocycles. The summed E-state index contributed by atoms with van der Waals surface area (Å²) in [6.07, 6.45) is -3.72. The van der Waals surface area contributed by atoms with E-state index in [9.17, 15) is 26.4 Å². The van der Waals surface area contributed by atoms with Crippen molar-refractivity contribution in [3.63, 3.8) is 0 Å². The van der Waals surface area contributed by atoms with Gasteiger partial charge in [0, 0.05) is 12.3 Å². The molecule has 0 aliphatic heterocycles. The highest BCUT2D eigenvalue weighted by Crippen LogP contribution is 2.31. The highest BCUT2D eigenvalue weighted by atomic mass is 32.2. The number of hydrogen-bond donors (Lipinski definition) is 1. The van der Waals surface area contributed by atoms with Gasteiger partial charge in [-0.1, -0.05) is 11.8 Å². The first-order valence-electron chi connectivity index (χ1n) is 5.16. The second-order valence-electron chi connectivity index (χ2n) is 3.90. The summed E-state index contributed by atoms with van der Waals surface area (Å²) in [6.45, 7) is -0.267. The highest BCUT2D eigenvalue weighted by molar-refractivity contribution is 7.99. The average Bonchev–Trinajstić information content (AvgIpc) is 2.65. The van der Waals surface area contributed by atoms with Crippen LogP contribution in [0.5, 0.6) is 0 Å². The molecule has 0 fully saturated rings. The van der Waals surface area contributed by atoms with Crippen LogP contribution >= 0.6 is 11.8 Å². The van der Waals surface area contributed by atoms with Crippen LogP contribution in [0.3, 0.4) is 0 Å². The Kier molecular flexibility index (Phi) is 5.08. The van der Waals surface area contributed by atoms with Crippen LogP contribution in [0.15, 0.2) is 11.1 Å². The molecule has 0 spiro atoms. The third-order valence-corrected chi connectivity index (χ3v) is 3.99. The zero-order valence-electron chi connectivity index (χ0n) is 10.2. The molecule has 0 aliphatic carbocycles. The van der Waals surface area contributed by atoms with E-state index in [1.165, 1.54) is 0 Å². The normalized spacial score (nSPS) is 12.6. The standard InChI is InChI=1S/C9H11F3N2O4S2/c1-20(17,18)3-2-14-7(19-5-8(15)16)4-6(13-14)9(10,11)12/h4H,2-3,5H2,1H3,(H,15,16). The van der Waals surface area contributed by atoms with Crippen molar-refractivity contribution >= 4 is 27.6 Å². The molecule has 0 atom stereocenters. The number of aliphatic carboxylic acids is 1. The van der Waals surface area contributed by atoms with Crippen molar-refractivity contribution in [3.05, 3.63) is 11.8 Å². The summed E-state index contributed by atoms with van der Waals surface area (Å²) in [4.78, 5) is 10.4. The summed E-state index contributed by atoms with van der Waals surface area (Å²) >= 11 is 0.649. The maximum absolute atomic E-state index is 12.5. The van der Waals surface area contributed by atoms with Gasteiger partial charge in [0.15, 0.2) is 5.69 Å². The second-order valence-corrected chi connectivity index (χ2v) is 7.16. The Bertz CT molecular complexity index is 595. The predicted molar refractivity (Wildman–Crippen MR) is 65.3 cm³/mol. The summed E-state index contributed by atoms with van der Waals surface area (Å²) in [7, 11) is -3.36. The molecule has 0 amide bonds. The number of aryl methyl sites for hydroxylation is 1. The van der Waals surface area contributed by atoms with Gasteiger partial charge in [-0.25, -0.2) is 8.42 Å². The summed E-state index contributed by atoms with van der Waals surface area (Å²) in [5.74, 6) is -2.02. The van der Waals surface area contributed by atoms with Gasteiger partial charge in [0.1, 0.15) is 9.84 Å². The van der Waals surface area contributed by atoms with E-state index in [1.54, 1.807) is 0 Å². The lowest BCUT2D eigenvalue weighted by Crippen LogP contribution is -2.14. The Balaban J connectivity index is 2.99. The van der Waals surface area contributed by atoms with Crippen molar-refractivity contribution in [3.8, 4) is 0 Å². The van der Waals surface area contributed by atoms with Gasteiger partial charge in [0.2, 0.25) is 0 Å². The Morgan fingerprint density at radius 2 is 2.10 bits per heavy atom. The number of hydrogen-bond acceptors (Lipinski definition) is 5. The van der Waals surface area contributed by atoms with Crippen LogP contribution in [-0.4, -0.2) is 47.0 Å². The third kappa shape index (κ3) is 5.41. The fourth-order valence-corrected chi connectivity index (χ4v) is 2.45. The molecule has 0 bridgehead atoms. The van der Waals surface area contributed by atoms with E-state index in [2.05, 4.69) is 5.10 Å². The summed E-state index contributed by atoms with van der Waals surface area (Å²) < 4.78 is 60.5. The van der Waals surface area contributed by atoms with Crippen LogP contribution in [0, 0.1) is 0 Å². The number of aromatic nitrogens is 2. The van der Waals surface area contributed by atoms with E-state index in [0.717, 1.165) is 10.9 Å². The Hall–Kier alpha value is -1.23. The minimum absolute atomic E-state index is 0.0385. The fourth-order valence-electron chi connectivity index (χ4n) is 1.20. The largest absolute Gasteiger partial charge is 0.481 e. The number of halogens is 3. The lowest BCUT2D eigenvalue weighted by molar-refractivity contribution is -0.141. The van der Waals surface area contributed by atoms with Gasteiger partial charge in [-0.3, -0.25) is 9.48 Å². The Morgan fingerprint density at radius 3 is 2.55 bits per heavy atom. The number of thioether (sulfide) groups is 1. The number of carboxylic acid groups (broad SMARTS) is 1. The smallest absolute Gasteiger partial charge is 0.435 e. The van der Waals surface area contributed by atoms with E-state index >= 15 is 0 Å². The predicted octanol–water partition coefficient (Wildman–Crippen LogP) is 1.12. The maximum Gasteiger partial charge on any atom is 0.435 e. The topological polar surface area (TPSA) is 89.3 Å². The molecule has 0 saturated heterocycles. The number of sulfone groups is 1. The maximum atomic E-state index is 12.5. The van der Waals surface area contributed by atoms with Gasteiger partial charge in [-0.15, -0.1) is 0 Å². The van der Waals surface area contributed by atoms with Crippen molar-refractivity contribution < 1.29 is 31.5 Å². The van der Waals surface area contributed by atoms with E-state index in [-0.39, 0.29) is 17.3 Å². The van der Waals surface area contributed by atoms with E-state index < -0.39 is 33.4 Å². The molecular weight excluding hydrogens is 321 g/mol. The zero-order chi connectivity index (χ0) is 15.6. The molecule has 0 unspecified atom stereocenters. The van der Waals surface area contributed by atoms with Gasteiger partial charge in [0.05, 0.1) is 23.1 Å². The second kappa shape index (κ2) is 6.04. The van der Waals surface area contributed by atoms with Crippen molar-refractivity contribution in [1.82, 2.24) is 9.78 Å². The third-order valence-electron chi connectivity index (χ3n) is 2.05. The number of carbonyl (C=O) groups is 1. The van der Waals surface area contributed by atoms with Gasteiger partial charge in [-0.05, 0) is 0 Å². The van der Waals surface area contributed by atoms with Gasteiger partial charge in [-0.2, -0.15) is 18.3 Å². The van der Waals surface area contributed by atoms with Crippen LogP contribution < -0.4 is 0 Å². The number of rotatable bonds is 6. The molecule has 1 aromatic rings. The molecule has 0 radical (unpaired) electrons. The van der Waals surface area contributed by atoms with E-state index in [1.807, 2.05) is 0 Å². The number of carboxylic acids is 1. The monoisotopic (exact) mass is 332 g/mol. The molecule has 1 rings (SSSR count). The van der Waals surface area contributed by atoms with Crippen LogP contribution in [0.1, 0.15) is 5.69 Å². The first kappa shape index (κ1) is 16.8. The lowest BCUT2D eigenvalue weighted by Gasteiger charge is -2.05. The van der Waals surface area contributed by atoms with Crippen LogP contribution in [-0.2, 0) is 27.4 Å². The van der Waals surface area contributed by atoms with Crippen molar-refractivity contribution in [1.29, 1.82) is 0 Å². The molecule has 0 aromatic carbocycles. The molecule has 20 heavy (non-hydrogen) atoms. The first-order chi connectivity index (χ1) is 8.99. The molecule has 1 aromatic heterocycles. The first-order valence-corrected chi connectivity index (χ1v) is 8.21. The van der Waals surface area contributed by atoms with Gasteiger partial charge >= 0.3 is 12.1 Å². The van der Waals surface area contributed by atoms with Gasteiger partial charge < -0.3 is 5.11 Å². The molecule has 114 valence electrons. The number of alkyl halides is 3. The van der Waals surface area contributed by atoms with Crippen LogP contribution in [0.2, 0.25) is 0 Å². The Morgan fingerprint density at radius 1 is 1.50 bits per heavy atom. The SMILES string of the molecule is CS(=O)(=O)CCn1nc(C(F)(F)F)cc1SCC(=O)O. The molecule has 1 N–H and O–H groups in total. The van der Waals surface area contributed by atoms with Crippen molar-refractivity contribution in [2.75, 3.05) is 17.8 Å². The molecule has 6 nitrogen and oxygen atoms in total. The van der Waals surface area contributed by atoms with E-state index in [4.69, 9.17) is 5.11 Å². The minimum atomic E-state index is -4.67. The van der Waals surface area contributed by atoms with Crippen molar-refractivity contribution in [2.24, 2.45) is 0 Å². The molecular formula is C9H11F3N2O4S2. The highest BCUT2D eigenvalue weighted by Gasteiger charge is 2.35. The van der Waals surface area contributed by atoms with E-state index in [0.29, 0.717) is 17.8 Å². The minimum Gasteiger partial charge on any atom is -0.481 e. The molecule has 0 saturated carbocycles. The van der Waals surface area contributed by atoms with Crippen LogP contribution in [0.25, 0.3) is 0 Å². The summed E-state index contributed by atoms with van der Waals surface area (Å²) in [6, 6.07) is 0.704. The molecule has 0 aliphatic rings. The zero-order valence-corrected chi connectivity index (χ0v) is 11.8. The van der Waals surface area contributed by atoms with Crippen molar-refractivity contribution in [2.45, 2.75) is 17.7 Å². The van der Waals surface area contributed by atoms with Gasteiger partial charge in [0.25, 0.3) is 0 Å². The summed E-state index contributed by atoms with van der Waals surface area (Å²) in [5.41, 5.74) is -1.18. The molecule has 11 heteroatoms. The summed E-state index contributed by atoms with van der Waals surface area (Å²) in [5, 5.41) is 11.8.